The van der Waals surface area contributed by atoms with Crippen LogP contribution in [0.2, 0.25) is 0 Å². The van der Waals surface area contributed by atoms with Crippen molar-refractivity contribution in [3.05, 3.63) is 89.5 Å². The van der Waals surface area contributed by atoms with Crippen molar-refractivity contribution in [2.45, 2.75) is 70.0 Å². The molecule has 4 heteroatoms. The number of fused-ring (bicyclic) bond motifs is 6. The summed E-state index contributed by atoms with van der Waals surface area (Å²) in [6.07, 6.45) is 11.6. The summed E-state index contributed by atoms with van der Waals surface area (Å²) >= 11 is 0. The Hall–Kier alpha value is -3.53. The number of hydrogen-bond acceptors (Lipinski definition) is 2. The average Bonchev–Trinajstić information content (AvgIpc) is 3.56. The van der Waals surface area contributed by atoms with E-state index >= 15 is 0 Å². The van der Waals surface area contributed by atoms with Gasteiger partial charge in [0.05, 0.1) is 17.3 Å². The highest BCUT2D eigenvalue weighted by molar-refractivity contribution is 6.08. The molecule has 188 valence electrons. The molecule has 1 aliphatic heterocycles. The van der Waals surface area contributed by atoms with Crippen molar-refractivity contribution >= 4 is 33.4 Å². The number of amides is 1. The van der Waals surface area contributed by atoms with E-state index in [-0.39, 0.29) is 11.9 Å². The lowest BCUT2D eigenvalue weighted by Gasteiger charge is -2.38. The predicted octanol–water partition coefficient (Wildman–Crippen LogP) is 7.70. The molecule has 1 saturated carbocycles. The molecule has 0 spiro atoms. The zero-order chi connectivity index (χ0) is 24.9. The molecule has 2 N–H and O–H groups in total. The summed E-state index contributed by atoms with van der Waals surface area (Å²) in [4.78, 5) is 13.5. The summed E-state index contributed by atoms with van der Waals surface area (Å²) in [5.74, 6) is 0.842. The van der Waals surface area contributed by atoms with Crippen LogP contribution in [0.4, 0.5) is 5.69 Å². The van der Waals surface area contributed by atoms with Crippen LogP contribution >= 0.6 is 0 Å². The number of carbonyl (C=O) groups excluding carboxylic acids is 1. The number of rotatable bonds is 4. The highest BCUT2D eigenvalue weighted by Crippen LogP contribution is 2.51. The minimum Gasteiger partial charge on any atom is -0.377 e. The number of nitrogens with one attached hydrogen (secondary N) is 2. The first-order valence-corrected chi connectivity index (χ1v) is 14.1. The topological polar surface area (TPSA) is 46.1 Å². The number of nitrogens with zero attached hydrogens (tertiary/aromatic N) is 1. The number of aromatic nitrogens is 1. The van der Waals surface area contributed by atoms with Gasteiger partial charge in [0.15, 0.2) is 0 Å². The van der Waals surface area contributed by atoms with Crippen LogP contribution in [0.3, 0.4) is 0 Å². The van der Waals surface area contributed by atoms with Crippen LogP contribution in [0.1, 0.15) is 78.9 Å². The Labute approximate surface area is 218 Å². The molecule has 0 radical (unpaired) electrons. The largest absolute Gasteiger partial charge is 0.377 e. The Balaban J connectivity index is 1.29. The molecule has 3 aliphatic rings. The Morgan fingerprint density at radius 3 is 2.68 bits per heavy atom. The van der Waals surface area contributed by atoms with Gasteiger partial charge >= 0.3 is 0 Å². The third-order valence-corrected chi connectivity index (χ3v) is 9.05. The lowest BCUT2D eigenvalue weighted by atomic mass is 9.76. The summed E-state index contributed by atoms with van der Waals surface area (Å²) in [5.41, 5.74) is 6.95. The van der Waals surface area contributed by atoms with Gasteiger partial charge in [0.25, 0.3) is 5.91 Å². The number of aryl methyl sites for hydroxylation is 1. The van der Waals surface area contributed by atoms with Crippen LogP contribution in [0, 0.1) is 5.92 Å². The fourth-order valence-electron chi connectivity index (χ4n) is 7.26. The molecule has 0 bridgehead atoms. The van der Waals surface area contributed by atoms with Crippen LogP contribution in [-0.2, 0) is 6.54 Å². The van der Waals surface area contributed by atoms with Gasteiger partial charge in [0.1, 0.15) is 0 Å². The minimum absolute atomic E-state index is 0.0666. The predicted molar refractivity (Wildman–Crippen MR) is 152 cm³/mol. The summed E-state index contributed by atoms with van der Waals surface area (Å²) in [5, 5.41) is 9.88. The van der Waals surface area contributed by atoms with E-state index in [0.717, 1.165) is 37.1 Å². The van der Waals surface area contributed by atoms with Gasteiger partial charge in [-0.25, -0.2) is 0 Å². The normalized spacial score (nSPS) is 23.1. The third-order valence-electron chi connectivity index (χ3n) is 9.05. The van der Waals surface area contributed by atoms with E-state index < -0.39 is 0 Å². The maximum Gasteiger partial charge on any atom is 0.253 e. The van der Waals surface area contributed by atoms with Crippen molar-refractivity contribution in [3.63, 3.8) is 0 Å². The Morgan fingerprint density at radius 2 is 1.81 bits per heavy atom. The lowest BCUT2D eigenvalue weighted by molar-refractivity contribution is 0.0928. The fraction of sp³-hybridized carbons (Fsp3) is 0.364. The molecule has 7 rings (SSSR count). The zero-order valence-corrected chi connectivity index (χ0v) is 21.5. The van der Waals surface area contributed by atoms with E-state index in [1.54, 1.807) is 0 Å². The van der Waals surface area contributed by atoms with E-state index in [9.17, 15) is 4.79 Å². The SMILES string of the molecule is CCn1c2ccccc2c2cc(C3Nc4c(C(=O)NC5CCCCC5)cccc4C4C=CCC43)ccc21. The van der Waals surface area contributed by atoms with Gasteiger partial charge in [-0.15, -0.1) is 0 Å². The summed E-state index contributed by atoms with van der Waals surface area (Å²) < 4.78 is 2.41. The molecule has 37 heavy (non-hydrogen) atoms. The quantitative estimate of drug-likeness (QED) is 0.289. The third kappa shape index (κ3) is 3.68. The van der Waals surface area contributed by atoms with E-state index in [2.05, 4.69) is 88.9 Å². The number of anilines is 1. The number of hydrogen-bond donors (Lipinski definition) is 2. The van der Waals surface area contributed by atoms with Crippen molar-refractivity contribution in [2.75, 3.05) is 5.32 Å². The van der Waals surface area contributed by atoms with Crippen LogP contribution in [0.25, 0.3) is 21.8 Å². The summed E-state index contributed by atoms with van der Waals surface area (Å²) in [7, 11) is 0. The molecule has 0 saturated heterocycles. The van der Waals surface area contributed by atoms with E-state index in [0.29, 0.717) is 17.9 Å². The molecule has 4 aromatic rings. The maximum atomic E-state index is 13.5. The molecule has 2 aliphatic carbocycles. The Morgan fingerprint density at radius 1 is 0.973 bits per heavy atom. The first kappa shape index (κ1) is 22.7. The second kappa shape index (κ2) is 9.09. The van der Waals surface area contributed by atoms with Crippen LogP contribution < -0.4 is 10.6 Å². The van der Waals surface area contributed by atoms with Crippen LogP contribution in [-0.4, -0.2) is 16.5 Å². The highest BCUT2D eigenvalue weighted by atomic mass is 16.1. The zero-order valence-electron chi connectivity index (χ0n) is 21.5. The monoisotopic (exact) mass is 489 g/mol. The standard InChI is InChI=1S/C33H35N3O/c1-2-36-29-17-7-6-12-24(29)28-20-21(18-19-30(28)36)31-25-14-8-13-23(25)26-15-9-16-27(32(26)35-31)33(37)34-22-10-4-3-5-11-22/h6-9,12-13,15-20,22-23,25,31,35H,2-5,10-11,14H2,1H3,(H,34,37). The summed E-state index contributed by atoms with van der Waals surface area (Å²) in [6.45, 7) is 3.17. The first-order chi connectivity index (χ1) is 18.2. The van der Waals surface area contributed by atoms with Crippen LogP contribution in [0.5, 0.6) is 0 Å². The second-order valence-electron chi connectivity index (χ2n) is 11.1. The smallest absolute Gasteiger partial charge is 0.253 e. The molecule has 1 aromatic heterocycles. The number of allylic oxidation sites excluding steroid dienone is 2. The van der Waals surface area contributed by atoms with Gasteiger partial charge in [-0.1, -0.05) is 67.8 Å². The molecule has 2 heterocycles. The van der Waals surface area contributed by atoms with Crippen LogP contribution in [0.15, 0.2) is 72.8 Å². The first-order valence-electron chi connectivity index (χ1n) is 14.1. The number of benzene rings is 3. The number of para-hydroxylation sites is 2. The van der Waals surface area contributed by atoms with Gasteiger partial charge in [-0.2, -0.15) is 0 Å². The second-order valence-corrected chi connectivity index (χ2v) is 11.1. The fourth-order valence-corrected chi connectivity index (χ4v) is 7.26. The van der Waals surface area contributed by atoms with Gasteiger partial charge in [-0.3, -0.25) is 4.79 Å². The molecular weight excluding hydrogens is 454 g/mol. The van der Waals surface area contributed by atoms with Crippen molar-refractivity contribution < 1.29 is 4.79 Å². The molecule has 1 fully saturated rings. The van der Waals surface area contributed by atoms with Gasteiger partial charge < -0.3 is 15.2 Å². The van der Waals surface area contributed by atoms with E-state index in [4.69, 9.17) is 0 Å². The number of carbonyl (C=O) groups is 1. The molecule has 3 atom stereocenters. The molecule has 4 nitrogen and oxygen atoms in total. The molecule has 3 unspecified atom stereocenters. The van der Waals surface area contributed by atoms with E-state index in [1.807, 2.05) is 6.07 Å². The van der Waals surface area contributed by atoms with Crippen molar-refractivity contribution in [2.24, 2.45) is 5.92 Å². The summed E-state index contributed by atoms with van der Waals surface area (Å²) in [6, 6.07) is 22.4. The van der Waals surface area contributed by atoms with E-state index in [1.165, 1.54) is 52.2 Å². The maximum absolute atomic E-state index is 13.5. The van der Waals surface area contributed by atoms with Crippen molar-refractivity contribution in [3.8, 4) is 0 Å². The highest BCUT2D eigenvalue weighted by Gasteiger charge is 2.39. The van der Waals surface area contributed by atoms with Crippen molar-refractivity contribution in [1.82, 2.24) is 9.88 Å². The average molecular weight is 490 g/mol. The minimum atomic E-state index is 0.0666. The van der Waals surface area contributed by atoms with Gasteiger partial charge in [-0.05, 0) is 67.5 Å². The Kier molecular flexibility index (Phi) is 5.57. The Bertz CT molecular complexity index is 1520. The van der Waals surface area contributed by atoms with Crippen molar-refractivity contribution in [1.29, 1.82) is 0 Å². The molecule has 3 aromatic carbocycles. The van der Waals surface area contributed by atoms with Gasteiger partial charge in [0, 0.05) is 40.3 Å². The molecule has 1 amide bonds. The molecular formula is C33H35N3O. The van der Waals surface area contributed by atoms with Gasteiger partial charge in [0.2, 0.25) is 0 Å². The lowest BCUT2D eigenvalue weighted by Crippen LogP contribution is -2.37.